The highest BCUT2D eigenvalue weighted by molar-refractivity contribution is 5.96. The van der Waals surface area contributed by atoms with E-state index in [1.54, 1.807) is 0 Å². The summed E-state index contributed by atoms with van der Waals surface area (Å²) in [5.74, 6) is -0.646. The lowest BCUT2D eigenvalue weighted by molar-refractivity contribution is -0.155. The predicted molar refractivity (Wildman–Crippen MR) is 102 cm³/mol. The molecular formula is C22H23NO4. The van der Waals surface area contributed by atoms with Gasteiger partial charge < -0.3 is 10.1 Å². The lowest BCUT2D eigenvalue weighted by Gasteiger charge is -2.36. The van der Waals surface area contributed by atoms with Crippen molar-refractivity contribution in [1.29, 1.82) is 0 Å². The maximum Gasteiger partial charge on any atom is 0.309 e. The molecule has 0 heterocycles. The van der Waals surface area contributed by atoms with Crippen molar-refractivity contribution < 1.29 is 19.1 Å². The fourth-order valence-corrected chi connectivity index (χ4v) is 4.39. The lowest BCUT2D eigenvalue weighted by atomic mass is 9.67. The first-order valence-electron chi connectivity index (χ1n) is 9.59. The van der Waals surface area contributed by atoms with E-state index >= 15 is 0 Å². The number of carbonyl (C=O) groups is 3. The minimum absolute atomic E-state index is 0.00137. The standard InChI is InChI=1S/C22H23NO4/c24-20(23-19-9-8-14-4-1-2-5-15(14)12-19)13-27-22(26)18-10-16-6-3-7-17(11-18)21(16)25/h1-2,4-5,8-9,12,16-18H,3,6-7,10-11,13H2,(H,23,24)/t16-,17-/m1/s1. The Balaban J connectivity index is 1.30. The SMILES string of the molecule is O=C(COC(=O)C1C[C@H]2CCC[C@H](C1)C2=O)Nc1ccc2ccccc2c1. The van der Waals surface area contributed by atoms with Crippen molar-refractivity contribution in [1.82, 2.24) is 0 Å². The zero-order chi connectivity index (χ0) is 18.8. The van der Waals surface area contributed by atoms with Gasteiger partial charge in [0.25, 0.3) is 5.91 Å². The first kappa shape index (κ1) is 17.7. The number of rotatable bonds is 4. The number of Topliss-reactive ketones (excluding diaryl/α,β-unsaturated/α-hetero) is 1. The van der Waals surface area contributed by atoms with Crippen molar-refractivity contribution in [2.45, 2.75) is 32.1 Å². The molecule has 2 atom stereocenters. The van der Waals surface area contributed by atoms with Gasteiger partial charge in [-0.25, -0.2) is 0 Å². The van der Waals surface area contributed by atoms with Crippen molar-refractivity contribution in [2.24, 2.45) is 17.8 Å². The van der Waals surface area contributed by atoms with Crippen molar-refractivity contribution in [3.05, 3.63) is 42.5 Å². The van der Waals surface area contributed by atoms with Crippen LogP contribution < -0.4 is 5.32 Å². The van der Waals surface area contributed by atoms with Gasteiger partial charge in [0.2, 0.25) is 0 Å². The van der Waals surface area contributed by atoms with Crippen molar-refractivity contribution >= 4 is 34.1 Å². The normalized spacial score (nSPS) is 24.4. The third-order valence-corrected chi connectivity index (χ3v) is 5.76. The van der Waals surface area contributed by atoms with Crippen LogP contribution in [0.15, 0.2) is 42.5 Å². The number of esters is 1. The summed E-state index contributed by atoms with van der Waals surface area (Å²) in [6, 6.07) is 13.6. The summed E-state index contributed by atoms with van der Waals surface area (Å²) in [6.07, 6.45) is 3.96. The molecule has 2 aliphatic rings. The van der Waals surface area contributed by atoms with E-state index in [9.17, 15) is 14.4 Å². The second-order valence-electron chi connectivity index (χ2n) is 7.61. The summed E-state index contributed by atoms with van der Waals surface area (Å²) in [7, 11) is 0. The summed E-state index contributed by atoms with van der Waals surface area (Å²) >= 11 is 0. The maximum atomic E-state index is 12.4. The number of fused-ring (bicyclic) bond motifs is 3. The van der Waals surface area contributed by atoms with Crippen LogP contribution in [0.1, 0.15) is 32.1 Å². The summed E-state index contributed by atoms with van der Waals surface area (Å²) in [4.78, 5) is 36.6. The van der Waals surface area contributed by atoms with Gasteiger partial charge in [0.05, 0.1) is 5.92 Å². The fraction of sp³-hybridized carbons (Fsp3) is 0.409. The van der Waals surface area contributed by atoms with Crippen LogP contribution in [-0.2, 0) is 19.1 Å². The van der Waals surface area contributed by atoms with Crippen LogP contribution in [0, 0.1) is 17.8 Å². The van der Waals surface area contributed by atoms with Crippen molar-refractivity contribution in [3.8, 4) is 0 Å². The summed E-state index contributed by atoms with van der Waals surface area (Å²) < 4.78 is 5.24. The van der Waals surface area contributed by atoms with E-state index in [2.05, 4.69) is 5.32 Å². The lowest BCUT2D eigenvalue weighted by Crippen LogP contribution is -2.40. The topological polar surface area (TPSA) is 72.5 Å². The van der Waals surface area contributed by atoms with E-state index in [0.29, 0.717) is 24.3 Å². The summed E-state index contributed by atoms with van der Waals surface area (Å²) in [5, 5.41) is 4.90. The third kappa shape index (κ3) is 3.87. The molecule has 0 aromatic heterocycles. The number of benzene rings is 2. The summed E-state index contributed by atoms with van der Waals surface area (Å²) in [6.45, 7) is -0.300. The molecule has 2 saturated carbocycles. The van der Waals surface area contributed by atoms with Gasteiger partial charge in [-0.15, -0.1) is 0 Å². The number of hydrogen-bond donors (Lipinski definition) is 1. The van der Waals surface area contributed by atoms with Gasteiger partial charge in [-0.05, 0) is 48.6 Å². The molecule has 0 saturated heterocycles. The average molecular weight is 365 g/mol. The van der Waals surface area contributed by atoms with Crippen LogP contribution in [0.5, 0.6) is 0 Å². The number of ketones is 1. The molecule has 4 rings (SSSR count). The van der Waals surface area contributed by atoms with Gasteiger partial charge in [-0.2, -0.15) is 0 Å². The van der Waals surface area contributed by atoms with E-state index in [-0.39, 0.29) is 36.2 Å². The van der Waals surface area contributed by atoms with Crippen LogP contribution in [0.2, 0.25) is 0 Å². The molecule has 5 nitrogen and oxygen atoms in total. The monoisotopic (exact) mass is 365 g/mol. The highest BCUT2D eigenvalue weighted by Gasteiger charge is 2.41. The second kappa shape index (κ2) is 7.51. The van der Waals surface area contributed by atoms with Crippen LogP contribution in [0.4, 0.5) is 5.69 Å². The van der Waals surface area contributed by atoms with Crippen molar-refractivity contribution in [2.75, 3.05) is 11.9 Å². The van der Waals surface area contributed by atoms with E-state index < -0.39 is 0 Å². The van der Waals surface area contributed by atoms with Gasteiger partial charge in [-0.3, -0.25) is 14.4 Å². The molecule has 27 heavy (non-hydrogen) atoms. The second-order valence-corrected chi connectivity index (χ2v) is 7.61. The highest BCUT2D eigenvalue weighted by Crippen LogP contribution is 2.40. The van der Waals surface area contributed by atoms with Gasteiger partial charge in [0.15, 0.2) is 6.61 Å². The number of ether oxygens (including phenoxy) is 1. The number of anilines is 1. The Morgan fingerprint density at radius 3 is 2.44 bits per heavy atom. The summed E-state index contributed by atoms with van der Waals surface area (Å²) in [5.41, 5.74) is 0.674. The number of amides is 1. The highest BCUT2D eigenvalue weighted by atomic mass is 16.5. The number of nitrogens with one attached hydrogen (secondary N) is 1. The predicted octanol–water partition coefficient (Wildman–Crippen LogP) is 3.72. The molecule has 2 fully saturated rings. The van der Waals surface area contributed by atoms with E-state index in [1.165, 1.54) is 0 Å². The van der Waals surface area contributed by atoms with Crippen LogP contribution >= 0.6 is 0 Å². The number of hydrogen-bond acceptors (Lipinski definition) is 4. The van der Waals surface area contributed by atoms with Gasteiger partial charge in [-0.1, -0.05) is 36.8 Å². The van der Waals surface area contributed by atoms with E-state index in [0.717, 1.165) is 30.0 Å². The Kier molecular flexibility index (Phi) is 4.92. The Hall–Kier alpha value is -2.69. The Morgan fingerprint density at radius 1 is 1.00 bits per heavy atom. The van der Waals surface area contributed by atoms with Gasteiger partial charge in [0, 0.05) is 17.5 Å². The largest absolute Gasteiger partial charge is 0.455 e. The molecule has 2 aromatic rings. The first-order chi connectivity index (χ1) is 13.1. The molecule has 140 valence electrons. The zero-order valence-corrected chi connectivity index (χ0v) is 15.1. The van der Waals surface area contributed by atoms with Crippen molar-refractivity contribution in [3.63, 3.8) is 0 Å². The fourth-order valence-electron chi connectivity index (χ4n) is 4.39. The van der Waals surface area contributed by atoms with Crippen LogP contribution in [0.3, 0.4) is 0 Å². The molecule has 2 bridgehead atoms. The van der Waals surface area contributed by atoms with E-state index in [4.69, 9.17) is 4.74 Å². The smallest absolute Gasteiger partial charge is 0.309 e. The molecule has 2 aliphatic carbocycles. The quantitative estimate of drug-likeness (QED) is 0.838. The number of carbonyl (C=O) groups excluding carboxylic acids is 3. The zero-order valence-electron chi connectivity index (χ0n) is 15.1. The molecule has 2 aromatic carbocycles. The molecule has 0 spiro atoms. The first-order valence-corrected chi connectivity index (χ1v) is 9.59. The Labute approximate surface area is 158 Å². The Morgan fingerprint density at radius 2 is 1.70 bits per heavy atom. The molecule has 1 amide bonds. The van der Waals surface area contributed by atoms with Gasteiger partial charge in [0.1, 0.15) is 5.78 Å². The van der Waals surface area contributed by atoms with Crippen LogP contribution in [-0.4, -0.2) is 24.3 Å². The van der Waals surface area contributed by atoms with Crippen LogP contribution in [0.25, 0.3) is 10.8 Å². The molecule has 5 heteroatoms. The Bertz CT molecular complexity index is 875. The molecule has 1 N–H and O–H groups in total. The maximum absolute atomic E-state index is 12.4. The molecular weight excluding hydrogens is 342 g/mol. The average Bonchev–Trinajstić information content (AvgIpc) is 2.66. The van der Waals surface area contributed by atoms with Gasteiger partial charge >= 0.3 is 5.97 Å². The minimum atomic E-state index is -0.356. The molecule has 0 radical (unpaired) electrons. The minimum Gasteiger partial charge on any atom is -0.455 e. The van der Waals surface area contributed by atoms with E-state index in [1.807, 2.05) is 42.5 Å². The molecule has 0 aliphatic heterocycles. The molecule has 0 unspecified atom stereocenters. The third-order valence-electron chi connectivity index (χ3n) is 5.76.